The molecule has 4 nitrogen and oxygen atoms in total. The molecule has 0 amide bonds. The molecule has 1 aromatic heterocycles. The summed E-state index contributed by atoms with van der Waals surface area (Å²) in [5.41, 5.74) is 0. The first-order valence-corrected chi connectivity index (χ1v) is 7.25. The molecule has 1 N–H and O–H groups in total. The second-order valence-electron chi connectivity index (χ2n) is 2.73. The SMILES string of the molecule is O=S(=O)(NCCCI)c1ncccc1F. The first kappa shape index (κ1) is 12.8. The van der Waals surface area contributed by atoms with Gasteiger partial charge < -0.3 is 0 Å². The number of aromatic nitrogens is 1. The zero-order valence-corrected chi connectivity index (χ0v) is 10.8. The van der Waals surface area contributed by atoms with Crippen LogP contribution in [0, 0.1) is 5.82 Å². The number of halogens is 2. The lowest BCUT2D eigenvalue weighted by Gasteiger charge is -2.05. The fourth-order valence-electron chi connectivity index (χ4n) is 0.911. The Balaban J connectivity index is 2.83. The van der Waals surface area contributed by atoms with Crippen molar-refractivity contribution in [3.05, 3.63) is 24.1 Å². The number of rotatable bonds is 5. The van der Waals surface area contributed by atoms with E-state index in [2.05, 4.69) is 32.3 Å². The molecule has 0 unspecified atom stereocenters. The molecular weight excluding hydrogens is 334 g/mol. The summed E-state index contributed by atoms with van der Waals surface area (Å²) >= 11 is 2.14. The van der Waals surface area contributed by atoms with E-state index in [-0.39, 0.29) is 0 Å². The summed E-state index contributed by atoms with van der Waals surface area (Å²) in [6.45, 7) is 0.293. The van der Waals surface area contributed by atoms with E-state index in [1.807, 2.05) is 0 Å². The van der Waals surface area contributed by atoms with E-state index in [1.54, 1.807) is 0 Å². The summed E-state index contributed by atoms with van der Waals surface area (Å²) < 4.78 is 39.3. The quantitative estimate of drug-likeness (QED) is 0.498. The molecule has 7 heteroatoms. The van der Waals surface area contributed by atoms with Crippen molar-refractivity contribution in [3.8, 4) is 0 Å². The van der Waals surface area contributed by atoms with Crippen molar-refractivity contribution in [2.45, 2.75) is 11.4 Å². The molecule has 0 aliphatic heterocycles. The minimum absolute atomic E-state index is 0.293. The van der Waals surface area contributed by atoms with Crippen LogP contribution >= 0.6 is 22.6 Å². The van der Waals surface area contributed by atoms with Gasteiger partial charge in [-0.15, -0.1) is 0 Å². The normalized spacial score (nSPS) is 11.6. The van der Waals surface area contributed by atoms with Crippen LogP contribution in [0.5, 0.6) is 0 Å². The number of pyridine rings is 1. The molecule has 0 aromatic carbocycles. The van der Waals surface area contributed by atoms with Gasteiger partial charge in [0, 0.05) is 17.2 Å². The van der Waals surface area contributed by atoms with E-state index < -0.39 is 20.9 Å². The summed E-state index contributed by atoms with van der Waals surface area (Å²) in [5, 5.41) is -0.543. The fourth-order valence-corrected chi connectivity index (χ4v) is 2.37. The molecule has 0 bridgehead atoms. The smallest absolute Gasteiger partial charge is 0.241 e. The summed E-state index contributed by atoms with van der Waals surface area (Å²) in [6.07, 6.45) is 1.95. The van der Waals surface area contributed by atoms with E-state index in [1.165, 1.54) is 12.3 Å². The molecule has 1 heterocycles. The highest BCUT2D eigenvalue weighted by atomic mass is 127. The molecule has 0 radical (unpaired) electrons. The average molecular weight is 344 g/mol. The summed E-state index contributed by atoms with van der Waals surface area (Å²) in [5.74, 6) is -0.834. The van der Waals surface area contributed by atoms with Crippen LogP contribution < -0.4 is 4.72 Å². The van der Waals surface area contributed by atoms with Crippen LogP contribution in [-0.4, -0.2) is 24.4 Å². The number of hydrogen-bond donors (Lipinski definition) is 1. The van der Waals surface area contributed by atoms with Crippen LogP contribution in [0.2, 0.25) is 0 Å². The van der Waals surface area contributed by atoms with Gasteiger partial charge >= 0.3 is 0 Å². The number of sulfonamides is 1. The van der Waals surface area contributed by atoms with E-state index in [0.29, 0.717) is 13.0 Å². The van der Waals surface area contributed by atoms with Crippen molar-refractivity contribution >= 4 is 32.6 Å². The van der Waals surface area contributed by atoms with Crippen molar-refractivity contribution in [2.24, 2.45) is 0 Å². The average Bonchev–Trinajstić information content (AvgIpc) is 2.18. The van der Waals surface area contributed by atoms with Crippen molar-refractivity contribution < 1.29 is 12.8 Å². The Morgan fingerprint density at radius 2 is 2.27 bits per heavy atom. The Morgan fingerprint density at radius 1 is 1.53 bits per heavy atom. The van der Waals surface area contributed by atoms with E-state index in [9.17, 15) is 12.8 Å². The van der Waals surface area contributed by atoms with Crippen LogP contribution in [-0.2, 0) is 10.0 Å². The molecule has 0 saturated carbocycles. The molecule has 15 heavy (non-hydrogen) atoms. The second-order valence-corrected chi connectivity index (χ2v) is 5.49. The zero-order chi connectivity index (χ0) is 11.3. The Labute approximate surface area is 101 Å². The molecule has 0 saturated heterocycles. The van der Waals surface area contributed by atoms with E-state index in [4.69, 9.17) is 0 Å². The molecular formula is C8H10FIN2O2S. The second kappa shape index (κ2) is 5.71. The van der Waals surface area contributed by atoms with Gasteiger partial charge in [0.2, 0.25) is 5.03 Å². The monoisotopic (exact) mass is 344 g/mol. The number of alkyl halides is 1. The van der Waals surface area contributed by atoms with Crippen molar-refractivity contribution in [3.63, 3.8) is 0 Å². The van der Waals surface area contributed by atoms with Gasteiger partial charge in [0.1, 0.15) is 0 Å². The molecule has 1 aromatic rings. The predicted octanol–water partition coefficient (Wildman–Crippen LogP) is 1.32. The minimum Gasteiger partial charge on any atom is -0.241 e. The first-order valence-electron chi connectivity index (χ1n) is 4.24. The lowest BCUT2D eigenvalue weighted by atomic mass is 10.5. The van der Waals surface area contributed by atoms with E-state index >= 15 is 0 Å². The van der Waals surface area contributed by atoms with Crippen molar-refractivity contribution in [1.82, 2.24) is 9.71 Å². The van der Waals surface area contributed by atoms with Crippen molar-refractivity contribution in [1.29, 1.82) is 0 Å². The van der Waals surface area contributed by atoms with Crippen molar-refractivity contribution in [2.75, 3.05) is 11.0 Å². The fraction of sp³-hybridized carbons (Fsp3) is 0.375. The molecule has 0 aliphatic carbocycles. The zero-order valence-electron chi connectivity index (χ0n) is 7.78. The highest BCUT2D eigenvalue weighted by molar-refractivity contribution is 14.1. The number of nitrogens with zero attached hydrogens (tertiary/aromatic N) is 1. The van der Waals surface area contributed by atoms with Crippen LogP contribution in [0.3, 0.4) is 0 Å². The standard InChI is InChI=1S/C8H10FIN2O2S/c9-7-3-1-5-11-8(7)15(13,14)12-6-2-4-10/h1,3,5,12H,2,4,6H2. The Hall–Kier alpha value is -0.280. The maximum Gasteiger partial charge on any atom is 0.261 e. The van der Waals surface area contributed by atoms with Gasteiger partial charge in [-0.25, -0.2) is 22.5 Å². The maximum atomic E-state index is 13.1. The van der Waals surface area contributed by atoms with Gasteiger partial charge in [-0.3, -0.25) is 0 Å². The Bertz CT molecular complexity index is 424. The minimum atomic E-state index is -3.80. The Morgan fingerprint density at radius 3 is 2.87 bits per heavy atom. The van der Waals surface area contributed by atoms with Gasteiger partial charge in [-0.2, -0.15) is 0 Å². The summed E-state index contributed by atoms with van der Waals surface area (Å²) in [7, 11) is -3.80. The highest BCUT2D eigenvalue weighted by Gasteiger charge is 2.19. The first-order chi connectivity index (χ1) is 7.08. The molecule has 84 valence electrons. The largest absolute Gasteiger partial charge is 0.261 e. The highest BCUT2D eigenvalue weighted by Crippen LogP contribution is 2.09. The maximum absolute atomic E-state index is 13.1. The molecule has 0 fully saturated rings. The van der Waals surface area contributed by atoms with Gasteiger partial charge in [-0.05, 0) is 18.6 Å². The lowest BCUT2D eigenvalue weighted by molar-refractivity contribution is 0.544. The molecule has 0 spiro atoms. The van der Waals surface area contributed by atoms with Gasteiger partial charge in [0.05, 0.1) is 0 Å². The van der Waals surface area contributed by atoms with Crippen LogP contribution in [0.15, 0.2) is 23.4 Å². The molecule has 1 rings (SSSR count). The topological polar surface area (TPSA) is 59.1 Å². The summed E-state index contributed by atoms with van der Waals surface area (Å²) in [6, 6.07) is 2.42. The van der Waals surface area contributed by atoms with Gasteiger partial charge in [0.15, 0.2) is 5.82 Å². The van der Waals surface area contributed by atoms with Gasteiger partial charge in [0.25, 0.3) is 10.0 Å². The van der Waals surface area contributed by atoms with E-state index in [0.717, 1.165) is 10.5 Å². The van der Waals surface area contributed by atoms with Crippen LogP contribution in [0.25, 0.3) is 0 Å². The predicted molar refractivity (Wildman–Crippen MR) is 62.9 cm³/mol. The third-order valence-corrected chi connectivity index (χ3v) is 3.74. The molecule has 0 atom stereocenters. The lowest BCUT2D eigenvalue weighted by Crippen LogP contribution is -2.26. The number of nitrogens with one attached hydrogen (secondary N) is 1. The third kappa shape index (κ3) is 3.65. The molecule has 0 aliphatic rings. The van der Waals surface area contributed by atoms with Crippen LogP contribution in [0.1, 0.15) is 6.42 Å². The van der Waals surface area contributed by atoms with Gasteiger partial charge in [-0.1, -0.05) is 22.6 Å². The number of hydrogen-bond acceptors (Lipinski definition) is 3. The Kier molecular flexibility index (Phi) is 4.87. The summed E-state index contributed by atoms with van der Waals surface area (Å²) in [4.78, 5) is 3.50. The third-order valence-electron chi connectivity index (χ3n) is 1.58. The van der Waals surface area contributed by atoms with Crippen LogP contribution in [0.4, 0.5) is 4.39 Å².